The number of carbonyl (C=O) groups is 1. The Morgan fingerprint density at radius 3 is 2.77 bits per heavy atom. The lowest BCUT2D eigenvalue weighted by Gasteiger charge is -2.02. The third kappa shape index (κ3) is 3.62. The Morgan fingerprint density at radius 2 is 2.00 bits per heavy atom. The molecule has 0 radical (unpaired) electrons. The molecule has 0 aliphatic heterocycles. The second-order valence-corrected chi connectivity index (χ2v) is 6.08. The van der Waals surface area contributed by atoms with Crippen LogP contribution in [-0.4, -0.2) is 17.4 Å². The van der Waals surface area contributed by atoms with Gasteiger partial charge in [-0.05, 0) is 30.2 Å². The quantitative estimate of drug-likeness (QED) is 0.751. The number of benzene rings is 2. The van der Waals surface area contributed by atoms with Gasteiger partial charge in [-0.25, -0.2) is 4.98 Å². The number of hydrogen-bond donors (Lipinski definition) is 2. The summed E-state index contributed by atoms with van der Waals surface area (Å²) in [6.07, 6.45) is 0.966. The number of carbonyl (C=O) groups excluding carboxylic acids is 1. The van der Waals surface area contributed by atoms with Crippen LogP contribution in [0.2, 0.25) is 0 Å². The molecule has 2 N–H and O–H groups in total. The van der Waals surface area contributed by atoms with Crippen LogP contribution in [0.5, 0.6) is 0 Å². The van der Waals surface area contributed by atoms with E-state index in [1.54, 1.807) is 11.3 Å². The molecule has 2 aromatic carbocycles. The number of rotatable bonds is 5. The van der Waals surface area contributed by atoms with E-state index in [1.165, 1.54) is 12.5 Å². The molecule has 0 spiro atoms. The van der Waals surface area contributed by atoms with Crippen molar-refractivity contribution < 1.29 is 4.79 Å². The van der Waals surface area contributed by atoms with E-state index >= 15 is 0 Å². The maximum Gasteiger partial charge on any atom is 0.221 e. The van der Waals surface area contributed by atoms with Gasteiger partial charge in [0.2, 0.25) is 5.91 Å². The van der Waals surface area contributed by atoms with Gasteiger partial charge in [0, 0.05) is 19.2 Å². The zero-order chi connectivity index (χ0) is 15.4. The Morgan fingerprint density at radius 1 is 1.18 bits per heavy atom. The molecule has 1 amide bonds. The number of hydrogen-bond acceptors (Lipinski definition) is 4. The number of nitrogens with zero attached hydrogens (tertiary/aromatic N) is 1. The van der Waals surface area contributed by atoms with Crippen molar-refractivity contribution in [2.45, 2.75) is 13.3 Å². The Kier molecular flexibility index (Phi) is 4.34. The molecule has 1 heterocycles. The molecular formula is C17H17N3OS. The van der Waals surface area contributed by atoms with Crippen LogP contribution >= 0.6 is 11.3 Å². The summed E-state index contributed by atoms with van der Waals surface area (Å²) in [4.78, 5) is 15.7. The van der Waals surface area contributed by atoms with Crippen molar-refractivity contribution in [2.24, 2.45) is 0 Å². The van der Waals surface area contributed by atoms with Crippen molar-refractivity contribution >= 4 is 38.3 Å². The Hall–Kier alpha value is -2.40. The minimum atomic E-state index is -0.0647. The molecule has 3 rings (SSSR count). The summed E-state index contributed by atoms with van der Waals surface area (Å²) in [7, 11) is 0. The van der Waals surface area contributed by atoms with Crippen LogP contribution in [0, 0.1) is 0 Å². The monoisotopic (exact) mass is 311 g/mol. The van der Waals surface area contributed by atoms with Crippen LogP contribution in [0.1, 0.15) is 12.5 Å². The highest BCUT2D eigenvalue weighted by Crippen LogP contribution is 2.28. The molecule has 22 heavy (non-hydrogen) atoms. The average molecular weight is 311 g/mol. The van der Waals surface area contributed by atoms with Crippen LogP contribution in [0.25, 0.3) is 10.2 Å². The fourth-order valence-corrected chi connectivity index (χ4v) is 3.17. The summed E-state index contributed by atoms with van der Waals surface area (Å²) < 4.78 is 1.06. The smallest absolute Gasteiger partial charge is 0.221 e. The average Bonchev–Trinajstić information content (AvgIpc) is 2.89. The molecule has 0 saturated carbocycles. The first-order valence-electron chi connectivity index (χ1n) is 7.17. The van der Waals surface area contributed by atoms with E-state index in [0.717, 1.165) is 34.0 Å². The van der Waals surface area contributed by atoms with Crippen LogP contribution in [0.15, 0.2) is 48.5 Å². The van der Waals surface area contributed by atoms with Gasteiger partial charge in [-0.2, -0.15) is 0 Å². The topological polar surface area (TPSA) is 54.0 Å². The molecule has 0 saturated heterocycles. The van der Waals surface area contributed by atoms with E-state index in [1.807, 2.05) is 24.3 Å². The minimum absolute atomic E-state index is 0.0647. The molecule has 3 aromatic rings. The van der Waals surface area contributed by atoms with E-state index in [4.69, 9.17) is 0 Å². The SMILES string of the molecule is CC(=O)Nc1ccc2nc(NCCc3ccccc3)sc2c1. The molecule has 0 unspecified atom stereocenters. The highest BCUT2D eigenvalue weighted by molar-refractivity contribution is 7.22. The van der Waals surface area contributed by atoms with Crippen molar-refractivity contribution in [2.75, 3.05) is 17.2 Å². The number of anilines is 2. The Balaban J connectivity index is 1.65. The third-order valence-electron chi connectivity index (χ3n) is 3.24. The van der Waals surface area contributed by atoms with Gasteiger partial charge in [0.15, 0.2) is 5.13 Å². The third-order valence-corrected chi connectivity index (χ3v) is 4.22. The first-order valence-corrected chi connectivity index (χ1v) is 7.98. The maximum absolute atomic E-state index is 11.1. The molecule has 5 heteroatoms. The first-order chi connectivity index (χ1) is 10.7. The van der Waals surface area contributed by atoms with Crippen molar-refractivity contribution in [1.82, 2.24) is 4.98 Å². The molecule has 0 bridgehead atoms. The van der Waals surface area contributed by atoms with E-state index in [0.29, 0.717) is 0 Å². The van der Waals surface area contributed by atoms with Gasteiger partial charge in [-0.3, -0.25) is 4.79 Å². The van der Waals surface area contributed by atoms with Crippen LogP contribution < -0.4 is 10.6 Å². The van der Waals surface area contributed by atoms with E-state index < -0.39 is 0 Å². The van der Waals surface area contributed by atoms with Gasteiger partial charge in [0.05, 0.1) is 10.2 Å². The molecular weight excluding hydrogens is 294 g/mol. The highest BCUT2D eigenvalue weighted by Gasteiger charge is 2.05. The van der Waals surface area contributed by atoms with Gasteiger partial charge >= 0.3 is 0 Å². The number of amides is 1. The van der Waals surface area contributed by atoms with Crippen LogP contribution in [-0.2, 0) is 11.2 Å². The minimum Gasteiger partial charge on any atom is -0.361 e. The summed E-state index contributed by atoms with van der Waals surface area (Å²) in [6, 6.07) is 16.1. The first kappa shape index (κ1) is 14.5. The summed E-state index contributed by atoms with van der Waals surface area (Å²) in [6.45, 7) is 2.36. The van der Waals surface area contributed by atoms with E-state index in [-0.39, 0.29) is 5.91 Å². The molecule has 0 aliphatic rings. The van der Waals surface area contributed by atoms with Crippen molar-refractivity contribution in [3.8, 4) is 0 Å². The predicted octanol–water partition coefficient (Wildman–Crippen LogP) is 3.91. The fourth-order valence-electron chi connectivity index (χ4n) is 2.24. The van der Waals surface area contributed by atoms with Crippen molar-refractivity contribution in [1.29, 1.82) is 0 Å². The summed E-state index contributed by atoms with van der Waals surface area (Å²) >= 11 is 1.60. The van der Waals surface area contributed by atoms with E-state index in [9.17, 15) is 4.79 Å². The summed E-state index contributed by atoms with van der Waals surface area (Å²) in [5, 5.41) is 7.06. The zero-order valence-electron chi connectivity index (χ0n) is 12.3. The Labute approximate surface area is 133 Å². The molecule has 1 aromatic heterocycles. The highest BCUT2D eigenvalue weighted by atomic mass is 32.1. The van der Waals surface area contributed by atoms with Crippen LogP contribution in [0.4, 0.5) is 10.8 Å². The van der Waals surface area contributed by atoms with Gasteiger partial charge in [0.25, 0.3) is 0 Å². The molecule has 112 valence electrons. The predicted molar refractivity (Wildman–Crippen MR) is 92.6 cm³/mol. The van der Waals surface area contributed by atoms with Gasteiger partial charge in [0.1, 0.15) is 0 Å². The molecule has 4 nitrogen and oxygen atoms in total. The largest absolute Gasteiger partial charge is 0.361 e. The van der Waals surface area contributed by atoms with Crippen molar-refractivity contribution in [3.63, 3.8) is 0 Å². The normalized spacial score (nSPS) is 10.6. The van der Waals surface area contributed by atoms with Gasteiger partial charge < -0.3 is 10.6 Å². The lowest BCUT2D eigenvalue weighted by molar-refractivity contribution is -0.114. The molecule has 0 atom stereocenters. The number of aromatic nitrogens is 1. The zero-order valence-corrected chi connectivity index (χ0v) is 13.1. The fraction of sp³-hybridized carbons (Fsp3) is 0.176. The Bertz CT molecular complexity index is 783. The lowest BCUT2D eigenvalue weighted by atomic mass is 10.2. The van der Waals surface area contributed by atoms with Gasteiger partial charge in [-0.1, -0.05) is 41.7 Å². The van der Waals surface area contributed by atoms with Gasteiger partial charge in [-0.15, -0.1) is 0 Å². The standard InChI is InChI=1S/C17H17N3OS/c1-12(21)19-14-7-8-15-16(11-14)22-17(20-15)18-10-9-13-5-3-2-4-6-13/h2-8,11H,9-10H2,1H3,(H,18,20)(H,19,21). The lowest BCUT2D eigenvalue weighted by Crippen LogP contribution is -2.05. The molecule has 0 fully saturated rings. The maximum atomic E-state index is 11.1. The second-order valence-electron chi connectivity index (χ2n) is 5.05. The number of thiazole rings is 1. The summed E-state index contributed by atoms with van der Waals surface area (Å²) in [5.74, 6) is -0.0647. The summed E-state index contributed by atoms with van der Waals surface area (Å²) in [5.41, 5.74) is 3.06. The second kappa shape index (κ2) is 6.58. The van der Waals surface area contributed by atoms with Crippen LogP contribution in [0.3, 0.4) is 0 Å². The number of nitrogens with one attached hydrogen (secondary N) is 2. The number of fused-ring (bicyclic) bond motifs is 1. The molecule has 0 aliphatic carbocycles. The van der Waals surface area contributed by atoms with Crippen molar-refractivity contribution in [3.05, 3.63) is 54.1 Å². The van der Waals surface area contributed by atoms with E-state index in [2.05, 4.69) is 39.9 Å².